The third-order valence-electron chi connectivity index (χ3n) is 4.41. The minimum atomic E-state index is -3.35. The SMILES string of the molecule is O=S(=O)(NCC1CCCCC1)c1ccsc1CNC1CC1. The van der Waals surface area contributed by atoms with Crippen molar-refractivity contribution in [1.82, 2.24) is 10.0 Å². The van der Waals surface area contributed by atoms with Gasteiger partial charge in [-0.25, -0.2) is 13.1 Å². The summed E-state index contributed by atoms with van der Waals surface area (Å²) in [6, 6.07) is 2.33. The van der Waals surface area contributed by atoms with Crippen molar-refractivity contribution in [2.75, 3.05) is 6.54 Å². The predicted octanol–water partition coefficient (Wildman–Crippen LogP) is 2.86. The lowest BCUT2D eigenvalue weighted by molar-refractivity contribution is 0.357. The van der Waals surface area contributed by atoms with E-state index in [9.17, 15) is 8.42 Å². The van der Waals surface area contributed by atoms with Crippen LogP contribution in [0.1, 0.15) is 49.8 Å². The first-order valence-electron chi connectivity index (χ1n) is 7.94. The molecule has 3 rings (SSSR count). The Kier molecular flexibility index (Phi) is 4.99. The quantitative estimate of drug-likeness (QED) is 0.809. The molecular weight excluding hydrogens is 304 g/mol. The number of thiophene rings is 1. The average Bonchev–Trinajstić information content (AvgIpc) is 3.20. The molecule has 2 aliphatic rings. The molecule has 0 bridgehead atoms. The van der Waals surface area contributed by atoms with Crippen LogP contribution in [-0.2, 0) is 16.6 Å². The highest BCUT2D eigenvalue weighted by Gasteiger charge is 2.24. The van der Waals surface area contributed by atoms with Gasteiger partial charge >= 0.3 is 0 Å². The van der Waals surface area contributed by atoms with Gasteiger partial charge in [0.25, 0.3) is 0 Å². The minimum absolute atomic E-state index is 0.469. The zero-order chi connectivity index (χ0) is 14.7. The Morgan fingerprint density at radius 1 is 1.14 bits per heavy atom. The number of sulfonamides is 1. The van der Waals surface area contributed by atoms with Crippen LogP contribution in [0, 0.1) is 5.92 Å². The second kappa shape index (κ2) is 6.77. The smallest absolute Gasteiger partial charge is 0.241 e. The van der Waals surface area contributed by atoms with Crippen molar-refractivity contribution >= 4 is 21.4 Å². The summed E-state index contributed by atoms with van der Waals surface area (Å²) in [5, 5.41) is 5.27. The van der Waals surface area contributed by atoms with Gasteiger partial charge in [-0.15, -0.1) is 11.3 Å². The van der Waals surface area contributed by atoms with Gasteiger partial charge in [-0.3, -0.25) is 0 Å². The molecule has 2 fully saturated rings. The fourth-order valence-corrected chi connectivity index (χ4v) is 5.43. The van der Waals surface area contributed by atoms with Crippen molar-refractivity contribution in [3.8, 4) is 0 Å². The summed E-state index contributed by atoms with van der Waals surface area (Å²) in [5.74, 6) is 0.514. The van der Waals surface area contributed by atoms with Gasteiger partial charge in [0.1, 0.15) is 0 Å². The maximum absolute atomic E-state index is 12.5. The van der Waals surface area contributed by atoms with E-state index in [2.05, 4.69) is 10.0 Å². The topological polar surface area (TPSA) is 58.2 Å². The van der Waals surface area contributed by atoms with Gasteiger partial charge in [-0.1, -0.05) is 19.3 Å². The molecule has 118 valence electrons. The average molecular weight is 329 g/mol. The van der Waals surface area contributed by atoms with Crippen LogP contribution in [0.3, 0.4) is 0 Å². The van der Waals surface area contributed by atoms with Crippen molar-refractivity contribution in [2.45, 2.75) is 62.4 Å². The van der Waals surface area contributed by atoms with Gasteiger partial charge in [-0.2, -0.15) is 0 Å². The van der Waals surface area contributed by atoms with Crippen LogP contribution in [0.4, 0.5) is 0 Å². The molecule has 0 aliphatic heterocycles. The van der Waals surface area contributed by atoms with E-state index in [0.29, 0.717) is 29.9 Å². The lowest BCUT2D eigenvalue weighted by Gasteiger charge is -2.21. The molecule has 2 N–H and O–H groups in total. The molecule has 21 heavy (non-hydrogen) atoms. The second-order valence-corrected chi connectivity index (χ2v) is 8.96. The Bertz CT molecular complexity index is 558. The van der Waals surface area contributed by atoms with Crippen LogP contribution in [0.15, 0.2) is 16.3 Å². The van der Waals surface area contributed by atoms with E-state index >= 15 is 0 Å². The van der Waals surface area contributed by atoms with Crippen LogP contribution < -0.4 is 10.0 Å². The number of rotatable bonds is 7. The molecule has 0 atom stereocenters. The number of hydrogen-bond donors (Lipinski definition) is 2. The molecule has 6 heteroatoms. The predicted molar refractivity (Wildman–Crippen MR) is 85.9 cm³/mol. The molecule has 0 aromatic carbocycles. The minimum Gasteiger partial charge on any atom is -0.309 e. The highest BCUT2D eigenvalue weighted by atomic mass is 32.2. The van der Waals surface area contributed by atoms with Crippen LogP contribution in [-0.4, -0.2) is 21.0 Å². The Hall–Kier alpha value is -0.430. The van der Waals surface area contributed by atoms with Gasteiger partial charge in [-0.05, 0) is 43.0 Å². The normalized spacial score (nSPS) is 20.8. The summed E-state index contributed by atoms with van der Waals surface area (Å²) < 4.78 is 27.8. The molecule has 0 radical (unpaired) electrons. The highest BCUT2D eigenvalue weighted by Crippen LogP contribution is 2.26. The van der Waals surface area contributed by atoms with Gasteiger partial charge in [0.05, 0.1) is 4.90 Å². The lowest BCUT2D eigenvalue weighted by atomic mass is 9.90. The standard InChI is InChI=1S/C15H24N2O2S2/c18-21(19,17-10-12-4-2-1-3-5-12)15-8-9-20-14(15)11-16-13-6-7-13/h8-9,12-13,16-17H,1-7,10-11H2. The van der Waals surface area contributed by atoms with Crippen LogP contribution in [0.25, 0.3) is 0 Å². The number of nitrogens with one attached hydrogen (secondary N) is 2. The third-order valence-corrected chi connectivity index (χ3v) is 6.97. The molecule has 1 aromatic rings. The Labute approximate surface area is 131 Å². The Balaban J connectivity index is 1.59. The summed E-state index contributed by atoms with van der Waals surface area (Å²) in [6.07, 6.45) is 8.51. The molecule has 2 saturated carbocycles. The molecule has 4 nitrogen and oxygen atoms in total. The molecule has 2 aliphatic carbocycles. The zero-order valence-electron chi connectivity index (χ0n) is 12.3. The second-order valence-electron chi connectivity index (χ2n) is 6.22. The van der Waals surface area contributed by atoms with Crippen molar-refractivity contribution in [3.63, 3.8) is 0 Å². The van der Waals surface area contributed by atoms with Crippen LogP contribution in [0.5, 0.6) is 0 Å². The van der Waals surface area contributed by atoms with E-state index in [1.54, 1.807) is 6.07 Å². The Morgan fingerprint density at radius 3 is 2.62 bits per heavy atom. The van der Waals surface area contributed by atoms with E-state index in [1.165, 1.54) is 43.4 Å². The summed E-state index contributed by atoms with van der Waals surface area (Å²) in [5.41, 5.74) is 0. The van der Waals surface area contributed by atoms with Crippen LogP contribution in [0.2, 0.25) is 0 Å². The van der Waals surface area contributed by atoms with Gasteiger partial charge < -0.3 is 5.32 Å². The third kappa shape index (κ3) is 4.28. The van der Waals surface area contributed by atoms with Crippen molar-refractivity contribution < 1.29 is 8.42 Å². The highest BCUT2D eigenvalue weighted by molar-refractivity contribution is 7.89. The molecule has 0 spiro atoms. The van der Waals surface area contributed by atoms with E-state index in [0.717, 1.165) is 17.7 Å². The fraction of sp³-hybridized carbons (Fsp3) is 0.733. The summed E-state index contributed by atoms with van der Waals surface area (Å²) in [7, 11) is -3.35. The van der Waals surface area contributed by atoms with E-state index in [1.807, 2.05) is 5.38 Å². The maximum Gasteiger partial charge on any atom is 0.241 e. The largest absolute Gasteiger partial charge is 0.309 e. The lowest BCUT2D eigenvalue weighted by Crippen LogP contribution is -2.31. The van der Waals surface area contributed by atoms with Gasteiger partial charge in [0.2, 0.25) is 10.0 Å². The summed E-state index contributed by atoms with van der Waals surface area (Å²) in [6.45, 7) is 1.26. The monoisotopic (exact) mass is 328 g/mol. The van der Waals surface area contributed by atoms with Crippen molar-refractivity contribution in [1.29, 1.82) is 0 Å². The molecule has 1 heterocycles. The van der Waals surface area contributed by atoms with E-state index < -0.39 is 10.0 Å². The summed E-state index contributed by atoms with van der Waals surface area (Å²) >= 11 is 1.53. The fourth-order valence-electron chi connectivity index (χ4n) is 2.92. The zero-order valence-corrected chi connectivity index (χ0v) is 13.9. The van der Waals surface area contributed by atoms with Gasteiger partial charge in [0.15, 0.2) is 0 Å². The molecule has 0 unspecified atom stereocenters. The number of hydrogen-bond acceptors (Lipinski definition) is 4. The molecule has 0 saturated heterocycles. The first-order chi connectivity index (χ1) is 10.1. The summed E-state index contributed by atoms with van der Waals surface area (Å²) in [4.78, 5) is 1.40. The maximum atomic E-state index is 12.5. The first-order valence-corrected chi connectivity index (χ1v) is 10.3. The molecule has 1 aromatic heterocycles. The van der Waals surface area contributed by atoms with Crippen molar-refractivity contribution in [2.24, 2.45) is 5.92 Å². The van der Waals surface area contributed by atoms with Crippen LogP contribution >= 0.6 is 11.3 Å². The van der Waals surface area contributed by atoms with E-state index in [-0.39, 0.29) is 0 Å². The first kappa shape index (κ1) is 15.5. The van der Waals surface area contributed by atoms with Gasteiger partial charge in [0, 0.05) is 24.0 Å². The van der Waals surface area contributed by atoms with Crippen molar-refractivity contribution in [3.05, 3.63) is 16.3 Å². The molecular formula is C15H24N2O2S2. The Morgan fingerprint density at radius 2 is 1.90 bits per heavy atom. The molecule has 0 amide bonds. The van der Waals surface area contributed by atoms with E-state index in [4.69, 9.17) is 0 Å².